The van der Waals surface area contributed by atoms with E-state index in [1.54, 1.807) is 11.3 Å². The molecule has 0 radical (unpaired) electrons. The van der Waals surface area contributed by atoms with E-state index >= 15 is 0 Å². The highest BCUT2D eigenvalue weighted by Gasteiger charge is 2.32. The second-order valence-electron chi connectivity index (χ2n) is 4.22. The summed E-state index contributed by atoms with van der Waals surface area (Å²) >= 11 is 3.91. The highest BCUT2D eigenvalue weighted by atomic mass is 127. The monoisotopic (exact) mass is 349 g/mol. The van der Waals surface area contributed by atoms with Crippen LogP contribution in [0.4, 0.5) is 0 Å². The van der Waals surface area contributed by atoms with Crippen LogP contribution in [0, 0.1) is 2.88 Å². The van der Waals surface area contributed by atoms with Gasteiger partial charge in [0, 0.05) is 18.0 Å². The zero-order chi connectivity index (χ0) is 11.5. The fraction of sp³-hybridized carbons (Fsp3) is 0.583. The summed E-state index contributed by atoms with van der Waals surface area (Å²) < 4.78 is 1.19. The zero-order valence-electron chi connectivity index (χ0n) is 9.41. The number of carbonyl (C=O) groups is 1. The van der Waals surface area contributed by atoms with Gasteiger partial charge in [-0.3, -0.25) is 4.79 Å². The van der Waals surface area contributed by atoms with E-state index in [-0.39, 0.29) is 5.91 Å². The molecule has 0 unspecified atom stereocenters. The van der Waals surface area contributed by atoms with Crippen molar-refractivity contribution < 1.29 is 4.79 Å². The highest BCUT2D eigenvalue weighted by Crippen LogP contribution is 2.29. The van der Waals surface area contributed by atoms with Crippen LogP contribution >= 0.6 is 33.9 Å². The lowest BCUT2D eigenvalue weighted by molar-refractivity contribution is 0.0741. The minimum atomic E-state index is 0.232. The molecule has 1 heterocycles. The van der Waals surface area contributed by atoms with Gasteiger partial charge in [0.15, 0.2) is 0 Å². The molecule has 0 aliphatic heterocycles. The van der Waals surface area contributed by atoms with Crippen LogP contribution in [0.15, 0.2) is 11.4 Å². The van der Waals surface area contributed by atoms with Gasteiger partial charge >= 0.3 is 0 Å². The molecule has 1 saturated carbocycles. The van der Waals surface area contributed by atoms with Gasteiger partial charge in [-0.05, 0) is 47.9 Å². The van der Waals surface area contributed by atoms with E-state index in [1.807, 2.05) is 11.4 Å². The summed E-state index contributed by atoms with van der Waals surface area (Å²) in [5.41, 5.74) is 0.873. The average molecular weight is 349 g/mol. The Labute approximate surface area is 114 Å². The number of amides is 1. The molecule has 0 N–H and O–H groups in total. The fourth-order valence-electron chi connectivity index (χ4n) is 1.75. The van der Waals surface area contributed by atoms with E-state index < -0.39 is 0 Å². The average Bonchev–Trinajstić information content (AvgIpc) is 3.01. The quantitative estimate of drug-likeness (QED) is 0.742. The van der Waals surface area contributed by atoms with Gasteiger partial charge in [-0.2, -0.15) is 0 Å². The van der Waals surface area contributed by atoms with Crippen LogP contribution in [-0.2, 0) is 0 Å². The molecule has 2 nitrogen and oxygen atoms in total. The van der Waals surface area contributed by atoms with E-state index in [9.17, 15) is 4.79 Å². The second kappa shape index (κ2) is 5.49. The van der Waals surface area contributed by atoms with Crippen LogP contribution in [0.5, 0.6) is 0 Å². The Morgan fingerprint density at radius 1 is 1.62 bits per heavy atom. The molecule has 0 saturated heterocycles. The lowest BCUT2D eigenvalue weighted by Gasteiger charge is -2.21. The number of unbranched alkanes of at least 4 members (excludes halogenated alkanes) is 1. The van der Waals surface area contributed by atoms with Crippen molar-refractivity contribution in [1.82, 2.24) is 4.90 Å². The molecule has 88 valence electrons. The standard InChI is InChI=1S/C12H16INOS/c1-2-3-6-14(10-4-5-10)12(15)9-7-11(13)16-8-9/h7-8,10H,2-6H2,1H3. The van der Waals surface area contributed by atoms with Crippen molar-refractivity contribution in [3.8, 4) is 0 Å². The molecule has 1 fully saturated rings. The molecular weight excluding hydrogens is 333 g/mol. The molecule has 1 aliphatic carbocycles. The minimum Gasteiger partial charge on any atom is -0.336 e. The summed E-state index contributed by atoms with van der Waals surface area (Å²) in [6.45, 7) is 3.09. The van der Waals surface area contributed by atoms with E-state index in [2.05, 4.69) is 34.4 Å². The predicted octanol–water partition coefficient (Wildman–Crippen LogP) is 3.76. The van der Waals surface area contributed by atoms with E-state index in [1.165, 1.54) is 15.7 Å². The van der Waals surface area contributed by atoms with Gasteiger partial charge in [0.25, 0.3) is 5.91 Å². The molecular formula is C12H16INOS. The first-order chi connectivity index (χ1) is 7.72. The van der Waals surface area contributed by atoms with Gasteiger partial charge in [-0.25, -0.2) is 0 Å². The van der Waals surface area contributed by atoms with Crippen molar-refractivity contribution in [2.45, 2.75) is 38.6 Å². The molecule has 4 heteroatoms. The smallest absolute Gasteiger partial charge is 0.254 e. The Kier molecular flexibility index (Phi) is 4.24. The third-order valence-corrected chi connectivity index (χ3v) is 4.60. The maximum Gasteiger partial charge on any atom is 0.254 e. The summed E-state index contributed by atoms with van der Waals surface area (Å²) in [5.74, 6) is 0.232. The van der Waals surface area contributed by atoms with Crippen LogP contribution in [0.2, 0.25) is 0 Å². The summed E-state index contributed by atoms with van der Waals surface area (Å²) in [7, 11) is 0. The van der Waals surface area contributed by atoms with Gasteiger partial charge in [0.1, 0.15) is 0 Å². The summed E-state index contributed by atoms with van der Waals surface area (Å²) in [4.78, 5) is 14.3. The fourth-order valence-corrected chi connectivity index (χ4v) is 3.07. The number of nitrogens with zero attached hydrogens (tertiary/aromatic N) is 1. The normalized spacial score (nSPS) is 15.1. The van der Waals surface area contributed by atoms with Crippen molar-refractivity contribution in [2.24, 2.45) is 0 Å². The predicted molar refractivity (Wildman–Crippen MR) is 76.0 cm³/mol. The first-order valence-electron chi connectivity index (χ1n) is 5.77. The number of thiophene rings is 1. The molecule has 0 spiro atoms. The van der Waals surface area contributed by atoms with E-state index in [0.29, 0.717) is 6.04 Å². The molecule has 1 aliphatic rings. The van der Waals surface area contributed by atoms with Gasteiger partial charge in [0.2, 0.25) is 0 Å². The molecule has 0 bridgehead atoms. The van der Waals surface area contributed by atoms with Gasteiger partial charge in [-0.15, -0.1) is 11.3 Å². The van der Waals surface area contributed by atoms with Crippen LogP contribution in [0.3, 0.4) is 0 Å². The Morgan fingerprint density at radius 2 is 2.38 bits per heavy atom. The SMILES string of the molecule is CCCCN(C(=O)c1csc(I)c1)C1CC1. The Hall–Kier alpha value is -0.100. The number of hydrogen-bond donors (Lipinski definition) is 0. The lowest BCUT2D eigenvalue weighted by Crippen LogP contribution is -2.33. The van der Waals surface area contributed by atoms with Crippen molar-refractivity contribution in [3.63, 3.8) is 0 Å². The highest BCUT2D eigenvalue weighted by molar-refractivity contribution is 14.1. The van der Waals surface area contributed by atoms with Gasteiger partial charge < -0.3 is 4.90 Å². The molecule has 1 aromatic heterocycles. The number of rotatable bonds is 5. The first kappa shape index (κ1) is 12.4. The summed E-state index contributed by atoms with van der Waals surface area (Å²) in [6, 6.07) is 2.52. The molecule has 1 amide bonds. The first-order valence-corrected chi connectivity index (χ1v) is 7.73. The topological polar surface area (TPSA) is 20.3 Å². The summed E-state index contributed by atoms with van der Waals surface area (Å²) in [5, 5.41) is 1.98. The third-order valence-electron chi connectivity index (χ3n) is 2.82. The second-order valence-corrected chi connectivity index (χ2v) is 7.03. The molecule has 16 heavy (non-hydrogen) atoms. The Balaban J connectivity index is 2.04. The Bertz CT molecular complexity index is 373. The van der Waals surface area contributed by atoms with Gasteiger partial charge in [0.05, 0.1) is 8.45 Å². The van der Waals surface area contributed by atoms with Gasteiger partial charge in [-0.1, -0.05) is 13.3 Å². The maximum absolute atomic E-state index is 12.3. The zero-order valence-corrected chi connectivity index (χ0v) is 12.4. The lowest BCUT2D eigenvalue weighted by atomic mass is 10.2. The van der Waals surface area contributed by atoms with Crippen molar-refractivity contribution in [2.75, 3.05) is 6.54 Å². The van der Waals surface area contributed by atoms with Crippen LogP contribution < -0.4 is 0 Å². The molecule has 1 aromatic rings. The third kappa shape index (κ3) is 2.97. The van der Waals surface area contributed by atoms with Crippen molar-refractivity contribution in [1.29, 1.82) is 0 Å². The van der Waals surface area contributed by atoms with Crippen LogP contribution in [0.1, 0.15) is 43.0 Å². The van der Waals surface area contributed by atoms with Crippen LogP contribution in [0.25, 0.3) is 0 Å². The minimum absolute atomic E-state index is 0.232. The largest absolute Gasteiger partial charge is 0.336 e. The van der Waals surface area contributed by atoms with E-state index in [0.717, 1.165) is 24.9 Å². The van der Waals surface area contributed by atoms with Crippen LogP contribution in [-0.4, -0.2) is 23.4 Å². The number of hydrogen-bond acceptors (Lipinski definition) is 2. The molecule has 0 atom stereocenters. The number of halogens is 1. The Morgan fingerprint density at radius 3 is 2.88 bits per heavy atom. The molecule has 2 rings (SSSR count). The molecule has 0 aromatic carbocycles. The van der Waals surface area contributed by atoms with E-state index in [4.69, 9.17) is 0 Å². The van der Waals surface area contributed by atoms with Crippen molar-refractivity contribution >= 4 is 39.8 Å². The number of carbonyl (C=O) groups excluding carboxylic acids is 1. The summed E-state index contributed by atoms with van der Waals surface area (Å²) in [6.07, 6.45) is 4.65. The van der Waals surface area contributed by atoms with Crippen molar-refractivity contribution in [3.05, 3.63) is 19.9 Å². The maximum atomic E-state index is 12.3.